The zero-order valence-electron chi connectivity index (χ0n) is 12.2. The first kappa shape index (κ1) is 17.7. The second-order valence-corrected chi connectivity index (χ2v) is 6.52. The van der Waals surface area contributed by atoms with Crippen LogP contribution in [0.1, 0.15) is 46.3 Å². The van der Waals surface area contributed by atoms with Gasteiger partial charge in [0.1, 0.15) is 0 Å². The van der Waals surface area contributed by atoms with Crippen LogP contribution in [0.15, 0.2) is 12.1 Å². The van der Waals surface area contributed by atoms with Gasteiger partial charge < -0.3 is 15.7 Å². The third-order valence-electron chi connectivity index (χ3n) is 3.41. The van der Waals surface area contributed by atoms with Crippen LogP contribution in [0, 0.1) is 0 Å². The van der Waals surface area contributed by atoms with Crippen LogP contribution in [-0.2, 0) is 4.79 Å². The fraction of sp³-hybridized carbons (Fsp3) is 0.571. The number of rotatable bonds is 3. The molecule has 1 unspecified atom stereocenters. The molecule has 2 heterocycles. The molecule has 0 aromatic carbocycles. The van der Waals surface area contributed by atoms with E-state index in [0.29, 0.717) is 12.1 Å². The minimum Gasteiger partial charge on any atom is -0.475 e. The number of halogens is 3. The highest BCUT2D eigenvalue weighted by atomic mass is 32.1. The van der Waals surface area contributed by atoms with Crippen LogP contribution in [0.25, 0.3) is 0 Å². The smallest absolute Gasteiger partial charge is 0.475 e. The summed E-state index contributed by atoms with van der Waals surface area (Å²) in [6, 6.07) is 4.97. The lowest BCUT2D eigenvalue weighted by Gasteiger charge is -2.05. The molecule has 23 heavy (non-hydrogen) atoms. The van der Waals surface area contributed by atoms with Crippen molar-refractivity contribution in [1.82, 2.24) is 10.6 Å². The van der Waals surface area contributed by atoms with Gasteiger partial charge in [-0.3, -0.25) is 4.79 Å². The van der Waals surface area contributed by atoms with Gasteiger partial charge in [0.15, 0.2) is 0 Å². The number of alkyl halides is 3. The summed E-state index contributed by atoms with van der Waals surface area (Å²) in [4.78, 5) is 22.9. The number of carboxylic acids is 1. The van der Waals surface area contributed by atoms with Crippen molar-refractivity contribution in [2.24, 2.45) is 0 Å². The maximum absolute atomic E-state index is 11.8. The van der Waals surface area contributed by atoms with Gasteiger partial charge in [-0.1, -0.05) is 0 Å². The molecule has 1 saturated carbocycles. The third kappa shape index (κ3) is 5.51. The quantitative estimate of drug-likeness (QED) is 0.783. The molecule has 1 atom stereocenters. The van der Waals surface area contributed by atoms with E-state index in [1.54, 1.807) is 11.3 Å². The van der Waals surface area contributed by atoms with Crippen LogP contribution in [-0.4, -0.2) is 35.7 Å². The highest BCUT2D eigenvalue weighted by Gasteiger charge is 2.38. The molecular weight excluding hydrogens is 333 g/mol. The molecular formula is C14H17F3N2O3S. The number of carboxylic acid groups (broad SMARTS) is 1. The first-order valence-corrected chi connectivity index (χ1v) is 8.03. The largest absolute Gasteiger partial charge is 0.490 e. The number of aliphatic carboxylic acids is 1. The predicted molar refractivity (Wildman–Crippen MR) is 78.5 cm³/mol. The van der Waals surface area contributed by atoms with Crippen molar-refractivity contribution >= 4 is 23.2 Å². The normalized spacial score (nSPS) is 20.6. The summed E-state index contributed by atoms with van der Waals surface area (Å²) >= 11 is 1.63. The summed E-state index contributed by atoms with van der Waals surface area (Å²) in [6.07, 6.45) is -0.349. The standard InChI is InChI=1S/C12H16N2OS.C2HF3O2/c15-12(14-8-3-4-8)11-6-5-10(16-11)9-2-1-7-13-9;3-2(4,5)1(6)7/h5-6,8-9,13H,1-4,7H2,(H,14,15);(H,6,7). The van der Waals surface area contributed by atoms with Crippen molar-refractivity contribution in [2.75, 3.05) is 6.54 Å². The van der Waals surface area contributed by atoms with Gasteiger partial charge in [0.2, 0.25) is 0 Å². The Labute approximate surface area is 134 Å². The molecule has 1 amide bonds. The molecule has 1 aliphatic carbocycles. The van der Waals surface area contributed by atoms with Gasteiger partial charge in [-0.05, 0) is 44.4 Å². The highest BCUT2D eigenvalue weighted by molar-refractivity contribution is 7.14. The number of hydrogen-bond acceptors (Lipinski definition) is 4. The van der Waals surface area contributed by atoms with Gasteiger partial charge in [-0.25, -0.2) is 4.79 Å². The summed E-state index contributed by atoms with van der Waals surface area (Å²) < 4.78 is 31.7. The van der Waals surface area contributed by atoms with E-state index in [1.807, 2.05) is 6.07 Å². The van der Waals surface area contributed by atoms with E-state index in [4.69, 9.17) is 9.90 Å². The number of amides is 1. The van der Waals surface area contributed by atoms with Crippen LogP contribution >= 0.6 is 11.3 Å². The number of carbonyl (C=O) groups is 2. The maximum atomic E-state index is 11.8. The molecule has 1 aromatic rings. The lowest BCUT2D eigenvalue weighted by molar-refractivity contribution is -0.192. The number of nitrogens with one attached hydrogen (secondary N) is 2. The first-order chi connectivity index (χ1) is 10.8. The minimum absolute atomic E-state index is 0.108. The van der Waals surface area contributed by atoms with E-state index in [-0.39, 0.29) is 5.91 Å². The van der Waals surface area contributed by atoms with Gasteiger partial charge in [0.25, 0.3) is 5.91 Å². The van der Waals surface area contributed by atoms with Crippen molar-refractivity contribution < 1.29 is 27.9 Å². The summed E-state index contributed by atoms with van der Waals surface area (Å²) in [5.41, 5.74) is 0. The second kappa shape index (κ2) is 7.31. The van der Waals surface area contributed by atoms with Crippen molar-refractivity contribution in [3.8, 4) is 0 Å². The second-order valence-electron chi connectivity index (χ2n) is 5.40. The molecule has 5 nitrogen and oxygen atoms in total. The van der Waals surface area contributed by atoms with Crippen molar-refractivity contribution in [1.29, 1.82) is 0 Å². The molecule has 2 fully saturated rings. The number of carbonyl (C=O) groups excluding carboxylic acids is 1. The topological polar surface area (TPSA) is 78.4 Å². The predicted octanol–water partition coefficient (Wildman–Crippen LogP) is 2.70. The Kier molecular flexibility index (Phi) is 5.64. The molecule has 2 aliphatic rings. The van der Waals surface area contributed by atoms with Crippen LogP contribution in [0.3, 0.4) is 0 Å². The minimum atomic E-state index is -5.08. The van der Waals surface area contributed by atoms with E-state index >= 15 is 0 Å². The summed E-state index contributed by atoms with van der Waals surface area (Å²) in [5, 5.41) is 13.6. The SMILES string of the molecule is O=C(NC1CC1)c1ccc(C2CCCN2)s1.O=C(O)C(F)(F)F. The Morgan fingerprint density at radius 2 is 1.91 bits per heavy atom. The van der Waals surface area contributed by atoms with Gasteiger partial charge >= 0.3 is 12.1 Å². The molecule has 3 rings (SSSR count). The third-order valence-corrected chi connectivity index (χ3v) is 4.61. The molecule has 1 aromatic heterocycles. The average Bonchev–Trinajstić information content (AvgIpc) is 2.97. The van der Waals surface area contributed by atoms with Gasteiger partial charge in [-0.15, -0.1) is 11.3 Å². The molecule has 3 N–H and O–H groups in total. The molecule has 1 saturated heterocycles. The zero-order chi connectivity index (χ0) is 17.0. The van der Waals surface area contributed by atoms with Crippen LogP contribution in [0.4, 0.5) is 13.2 Å². The molecule has 9 heteroatoms. The van der Waals surface area contributed by atoms with E-state index in [2.05, 4.69) is 16.7 Å². The fourth-order valence-electron chi connectivity index (χ4n) is 2.07. The average molecular weight is 350 g/mol. The van der Waals surface area contributed by atoms with Gasteiger partial charge in [-0.2, -0.15) is 13.2 Å². The summed E-state index contributed by atoms with van der Waals surface area (Å²) in [6.45, 7) is 1.10. The van der Waals surface area contributed by atoms with Crippen LogP contribution < -0.4 is 10.6 Å². The molecule has 0 bridgehead atoms. The van der Waals surface area contributed by atoms with Crippen LogP contribution in [0.2, 0.25) is 0 Å². The van der Waals surface area contributed by atoms with Crippen molar-refractivity contribution in [3.63, 3.8) is 0 Å². The summed E-state index contributed by atoms with van der Waals surface area (Å²) in [5.74, 6) is -2.65. The van der Waals surface area contributed by atoms with Crippen molar-refractivity contribution in [3.05, 3.63) is 21.9 Å². The summed E-state index contributed by atoms with van der Waals surface area (Å²) in [7, 11) is 0. The van der Waals surface area contributed by atoms with Crippen LogP contribution in [0.5, 0.6) is 0 Å². The lowest BCUT2D eigenvalue weighted by Crippen LogP contribution is -2.24. The van der Waals surface area contributed by atoms with Gasteiger partial charge in [0.05, 0.1) is 4.88 Å². The Hall–Kier alpha value is -1.61. The monoisotopic (exact) mass is 350 g/mol. The highest BCUT2D eigenvalue weighted by Crippen LogP contribution is 2.29. The molecule has 0 spiro atoms. The van der Waals surface area contributed by atoms with E-state index in [1.165, 1.54) is 17.7 Å². The zero-order valence-corrected chi connectivity index (χ0v) is 13.0. The van der Waals surface area contributed by atoms with E-state index in [9.17, 15) is 18.0 Å². The Bertz CT molecular complexity index is 564. The van der Waals surface area contributed by atoms with Gasteiger partial charge in [0, 0.05) is 17.0 Å². The molecule has 128 valence electrons. The maximum Gasteiger partial charge on any atom is 0.490 e. The first-order valence-electron chi connectivity index (χ1n) is 7.21. The van der Waals surface area contributed by atoms with E-state index in [0.717, 1.165) is 24.3 Å². The number of thiophene rings is 1. The Morgan fingerprint density at radius 1 is 1.26 bits per heavy atom. The Morgan fingerprint density at radius 3 is 2.39 bits per heavy atom. The van der Waals surface area contributed by atoms with E-state index < -0.39 is 12.1 Å². The van der Waals surface area contributed by atoms with Crippen molar-refractivity contribution in [2.45, 2.75) is 43.9 Å². The Balaban J connectivity index is 0.000000236. The lowest BCUT2D eigenvalue weighted by atomic mass is 10.2. The fourth-order valence-corrected chi connectivity index (χ4v) is 3.09. The number of hydrogen-bond donors (Lipinski definition) is 3. The molecule has 0 radical (unpaired) electrons. The molecule has 1 aliphatic heterocycles.